The van der Waals surface area contributed by atoms with E-state index in [9.17, 15) is 13.6 Å². The number of carbonyl (C=O) groups is 1. The first-order valence-corrected chi connectivity index (χ1v) is 8.70. The van der Waals surface area contributed by atoms with Gasteiger partial charge in [0.15, 0.2) is 0 Å². The fraction of sp³-hybridized carbons (Fsp3) is 0.381. The van der Waals surface area contributed by atoms with E-state index in [1.54, 1.807) is 25.1 Å². The van der Waals surface area contributed by atoms with E-state index in [0.717, 1.165) is 16.7 Å². The molecule has 0 N–H and O–H groups in total. The van der Waals surface area contributed by atoms with Crippen molar-refractivity contribution < 1.29 is 23.0 Å². The normalized spacial score (nSPS) is 10.9. The van der Waals surface area contributed by atoms with E-state index >= 15 is 0 Å². The highest BCUT2D eigenvalue weighted by Crippen LogP contribution is 2.33. The Morgan fingerprint density at radius 2 is 1.81 bits per heavy atom. The van der Waals surface area contributed by atoms with E-state index in [4.69, 9.17) is 9.47 Å². The quantitative estimate of drug-likeness (QED) is 0.468. The zero-order chi connectivity index (χ0) is 19.3. The van der Waals surface area contributed by atoms with Crippen LogP contribution in [0, 0.1) is 13.8 Å². The minimum atomic E-state index is -2.62. The summed E-state index contributed by atoms with van der Waals surface area (Å²) in [7, 11) is 0. The molecule has 2 aromatic rings. The predicted octanol–water partition coefficient (Wildman–Crippen LogP) is 5.70. The lowest BCUT2D eigenvalue weighted by Crippen LogP contribution is -2.10. The average molecular weight is 362 g/mol. The van der Waals surface area contributed by atoms with Gasteiger partial charge in [-0.05, 0) is 55.2 Å². The number of carbonyl (C=O) groups excluding carboxylic acids is 1. The van der Waals surface area contributed by atoms with Crippen LogP contribution in [-0.2, 0) is 17.8 Å². The van der Waals surface area contributed by atoms with Gasteiger partial charge in [0, 0.05) is 12.0 Å². The Morgan fingerprint density at radius 3 is 2.42 bits per heavy atom. The van der Waals surface area contributed by atoms with Crippen LogP contribution in [0.2, 0.25) is 0 Å². The second-order valence-electron chi connectivity index (χ2n) is 6.14. The number of halogens is 2. The molecule has 0 fully saturated rings. The van der Waals surface area contributed by atoms with Crippen molar-refractivity contribution in [3.8, 4) is 11.5 Å². The summed E-state index contributed by atoms with van der Waals surface area (Å²) in [4.78, 5) is 11.6. The molecular weight excluding hydrogens is 338 g/mol. The maximum absolute atomic E-state index is 13.4. The van der Waals surface area contributed by atoms with Crippen molar-refractivity contribution in [1.82, 2.24) is 0 Å². The van der Waals surface area contributed by atoms with Gasteiger partial charge < -0.3 is 9.47 Å². The molecule has 0 radical (unpaired) electrons. The fourth-order valence-electron chi connectivity index (χ4n) is 2.72. The van der Waals surface area contributed by atoms with E-state index in [1.807, 2.05) is 26.8 Å². The van der Waals surface area contributed by atoms with Gasteiger partial charge in [-0.15, -0.1) is 0 Å². The number of ether oxygens (including phenoxy) is 2. The number of aryl methyl sites for hydroxylation is 3. The zero-order valence-electron chi connectivity index (χ0n) is 15.6. The summed E-state index contributed by atoms with van der Waals surface area (Å²) in [6.07, 6.45) is -1.69. The molecule has 140 valence electrons. The van der Waals surface area contributed by atoms with E-state index in [2.05, 4.69) is 0 Å². The fourth-order valence-corrected chi connectivity index (χ4v) is 2.72. The highest BCUT2D eigenvalue weighted by Gasteiger charge is 2.18. The van der Waals surface area contributed by atoms with Gasteiger partial charge in [-0.2, -0.15) is 0 Å². The van der Waals surface area contributed by atoms with E-state index in [-0.39, 0.29) is 30.3 Å². The molecule has 0 amide bonds. The number of rotatable bonds is 7. The molecule has 5 heteroatoms. The lowest BCUT2D eigenvalue weighted by atomic mass is 10.0. The molecule has 0 spiro atoms. The van der Waals surface area contributed by atoms with Crippen molar-refractivity contribution in [3.63, 3.8) is 0 Å². The van der Waals surface area contributed by atoms with Crippen LogP contribution in [0.3, 0.4) is 0 Å². The molecule has 0 aromatic heterocycles. The van der Waals surface area contributed by atoms with Gasteiger partial charge >= 0.3 is 5.97 Å². The summed E-state index contributed by atoms with van der Waals surface area (Å²) < 4.78 is 37.9. The van der Waals surface area contributed by atoms with Crippen LogP contribution in [0.15, 0.2) is 30.3 Å². The second kappa shape index (κ2) is 8.79. The smallest absolute Gasteiger partial charge is 0.310 e. The molecule has 0 saturated carbocycles. The Labute approximate surface area is 152 Å². The summed E-state index contributed by atoms with van der Waals surface area (Å²) in [5, 5.41) is 0. The van der Waals surface area contributed by atoms with Crippen molar-refractivity contribution in [1.29, 1.82) is 0 Å². The summed E-state index contributed by atoms with van der Waals surface area (Å²) in [6, 6.07) is 8.48. The number of hydrogen-bond donors (Lipinski definition) is 0. The van der Waals surface area contributed by atoms with Crippen molar-refractivity contribution in [2.24, 2.45) is 0 Å². The highest BCUT2D eigenvalue weighted by molar-refractivity contribution is 5.72. The van der Waals surface area contributed by atoms with Gasteiger partial charge in [-0.3, -0.25) is 4.79 Å². The molecule has 0 unspecified atom stereocenters. The monoisotopic (exact) mass is 362 g/mol. The first-order chi connectivity index (χ1) is 12.4. The van der Waals surface area contributed by atoms with E-state index in [1.165, 1.54) is 6.07 Å². The Balaban J connectivity index is 2.32. The molecule has 26 heavy (non-hydrogen) atoms. The molecule has 0 atom stereocenters. The molecule has 0 aliphatic rings. The standard InChI is InChI=1S/C21H24F2O3/c1-5-15-11-16(21(22)23)19(10-14(15)4)25-12-17-13(3)8-7-9-18(17)26-20(24)6-2/h7-11,21H,5-6,12H2,1-4H3. The molecule has 3 nitrogen and oxygen atoms in total. The zero-order valence-corrected chi connectivity index (χ0v) is 15.6. The predicted molar refractivity (Wildman–Crippen MR) is 97.0 cm³/mol. The maximum atomic E-state index is 13.4. The Bertz CT molecular complexity index is 785. The summed E-state index contributed by atoms with van der Waals surface area (Å²) in [6.45, 7) is 7.43. The van der Waals surface area contributed by atoms with Gasteiger partial charge in [0.25, 0.3) is 6.43 Å². The molecule has 2 aromatic carbocycles. The largest absolute Gasteiger partial charge is 0.488 e. The van der Waals surface area contributed by atoms with Crippen molar-refractivity contribution >= 4 is 5.97 Å². The van der Waals surface area contributed by atoms with Crippen molar-refractivity contribution in [2.75, 3.05) is 0 Å². The Morgan fingerprint density at radius 1 is 1.08 bits per heavy atom. The number of alkyl halides is 2. The molecule has 0 bridgehead atoms. The minimum absolute atomic E-state index is 0.0453. The molecule has 0 aliphatic carbocycles. The third-order valence-corrected chi connectivity index (χ3v) is 4.34. The highest BCUT2D eigenvalue weighted by atomic mass is 19.3. The third kappa shape index (κ3) is 4.59. The Hall–Kier alpha value is -2.43. The molecule has 0 aliphatic heterocycles. The maximum Gasteiger partial charge on any atom is 0.310 e. The van der Waals surface area contributed by atoms with Crippen LogP contribution in [0.1, 0.15) is 54.5 Å². The van der Waals surface area contributed by atoms with Crippen molar-refractivity contribution in [2.45, 2.75) is 53.6 Å². The van der Waals surface area contributed by atoms with Crippen LogP contribution in [0.4, 0.5) is 8.78 Å². The van der Waals surface area contributed by atoms with E-state index < -0.39 is 6.43 Å². The summed E-state index contributed by atoms with van der Waals surface area (Å²) >= 11 is 0. The van der Waals surface area contributed by atoms with Gasteiger partial charge in [0.1, 0.15) is 18.1 Å². The third-order valence-electron chi connectivity index (χ3n) is 4.34. The first kappa shape index (κ1) is 19.9. The molecule has 0 heterocycles. The summed E-state index contributed by atoms with van der Waals surface area (Å²) in [5.41, 5.74) is 3.21. The SMILES string of the molecule is CCC(=O)Oc1cccc(C)c1COc1cc(C)c(CC)cc1C(F)F. The number of hydrogen-bond acceptors (Lipinski definition) is 3. The molecule has 2 rings (SSSR count). The van der Waals surface area contributed by atoms with Gasteiger partial charge in [0.2, 0.25) is 0 Å². The number of esters is 1. The van der Waals surface area contributed by atoms with Crippen LogP contribution < -0.4 is 9.47 Å². The van der Waals surface area contributed by atoms with Crippen LogP contribution in [-0.4, -0.2) is 5.97 Å². The van der Waals surface area contributed by atoms with Gasteiger partial charge in [-0.25, -0.2) is 8.78 Å². The van der Waals surface area contributed by atoms with E-state index in [0.29, 0.717) is 17.7 Å². The van der Waals surface area contributed by atoms with Crippen LogP contribution in [0.5, 0.6) is 11.5 Å². The van der Waals surface area contributed by atoms with Crippen molar-refractivity contribution in [3.05, 3.63) is 58.1 Å². The topological polar surface area (TPSA) is 35.5 Å². The Kier molecular flexibility index (Phi) is 6.72. The van der Waals surface area contributed by atoms with Gasteiger partial charge in [-0.1, -0.05) is 26.0 Å². The second-order valence-corrected chi connectivity index (χ2v) is 6.14. The first-order valence-electron chi connectivity index (χ1n) is 8.70. The summed E-state index contributed by atoms with van der Waals surface area (Å²) in [5.74, 6) is 0.205. The molecular formula is C21H24F2O3. The number of benzene rings is 2. The van der Waals surface area contributed by atoms with Crippen LogP contribution >= 0.6 is 0 Å². The molecule has 0 saturated heterocycles. The lowest BCUT2D eigenvalue weighted by molar-refractivity contribution is -0.134. The minimum Gasteiger partial charge on any atom is -0.488 e. The van der Waals surface area contributed by atoms with Crippen LogP contribution in [0.25, 0.3) is 0 Å². The average Bonchev–Trinajstić information content (AvgIpc) is 2.60. The lowest BCUT2D eigenvalue weighted by Gasteiger charge is -2.17. The van der Waals surface area contributed by atoms with Gasteiger partial charge in [0.05, 0.1) is 5.56 Å².